The highest BCUT2D eigenvalue weighted by molar-refractivity contribution is 6.33. The van der Waals surface area contributed by atoms with Crippen molar-refractivity contribution in [2.75, 3.05) is 25.1 Å². The molecular weight excluding hydrogens is 483 g/mol. The highest BCUT2D eigenvalue weighted by Crippen LogP contribution is 2.48. The van der Waals surface area contributed by atoms with Gasteiger partial charge in [0.1, 0.15) is 5.82 Å². The molecule has 0 spiro atoms. The topological polar surface area (TPSA) is 67.9 Å². The van der Waals surface area contributed by atoms with Crippen molar-refractivity contribution in [2.45, 2.75) is 32.2 Å². The minimum atomic E-state index is -0.716. The molecular formula is C28H26ClFN2O4. The van der Waals surface area contributed by atoms with E-state index < -0.39 is 17.8 Å². The Bertz CT molecular complexity index is 1350. The first-order chi connectivity index (χ1) is 17.4. The minimum Gasteiger partial charge on any atom is -0.490 e. The van der Waals surface area contributed by atoms with Crippen LogP contribution < -0.4 is 14.8 Å². The molecule has 0 bridgehead atoms. The summed E-state index contributed by atoms with van der Waals surface area (Å²) < 4.78 is 25.3. The molecule has 2 heterocycles. The highest BCUT2D eigenvalue weighted by Gasteiger charge is 2.46. The molecule has 8 heteroatoms. The molecule has 36 heavy (non-hydrogen) atoms. The Morgan fingerprint density at radius 3 is 2.50 bits per heavy atom. The summed E-state index contributed by atoms with van der Waals surface area (Å²) in [7, 11) is 0. The molecule has 2 atom stereocenters. The van der Waals surface area contributed by atoms with Gasteiger partial charge in [-0.15, -0.1) is 0 Å². The predicted octanol–water partition coefficient (Wildman–Crippen LogP) is 5.75. The number of rotatable bonds is 6. The number of ether oxygens (including phenoxy) is 2. The quantitative estimate of drug-likeness (QED) is 0.460. The molecule has 3 aromatic carbocycles. The molecule has 0 fully saturated rings. The van der Waals surface area contributed by atoms with Crippen LogP contribution in [-0.2, 0) is 11.2 Å². The lowest BCUT2D eigenvalue weighted by Crippen LogP contribution is -2.49. The van der Waals surface area contributed by atoms with E-state index in [1.165, 1.54) is 12.1 Å². The number of halogens is 2. The average Bonchev–Trinajstić information content (AvgIpc) is 2.86. The number of hydrogen-bond donors (Lipinski definition) is 1. The van der Waals surface area contributed by atoms with Crippen LogP contribution in [0, 0.1) is 5.82 Å². The van der Waals surface area contributed by atoms with E-state index in [4.69, 9.17) is 21.1 Å². The number of nitrogens with one attached hydrogen (secondary N) is 1. The van der Waals surface area contributed by atoms with E-state index in [9.17, 15) is 14.0 Å². The molecule has 1 N–H and O–H groups in total. The van der Waals surface area contributed by atoms with Crippen LogP contribution in [0.1, 0.15) is 52.9 Å². The van der Waals surface area contributed by atoms with Crippen LogP contribution in [0.15, 0.2) is 54.6 Å². The molecule has 2 aliphatic heterocycles. The number of amides is 2. The number of fused-ring (bicyclic) bond motifs is 4. The first-order valence-corrected chi connectivity index (χ1v) is 12.4. The minimum absolute atomic E-state index is 0.101. The van der Waals surface area contributed by atoms with Crippen molar-refractivity contribution in [3.8, 4) is 11.5 Å². The van der Waals surface area contributed by atoms with Gasteiger partial charge in [0.25, 0.3) is 5.91 Å². The van der Waals surface area contributed by atoms with Gasteiger partial charge in [-0.1, -0.05) is 29.8 Å². The molecule has 5 rings (SSSR count). The second-order valence-electron chi connectivity index (χ2n) is 8.74. The van der Waals surface area contributed by atoms with Crippen LogP contribution in [0.5, 0.6) is 11.5 Å². The molecule has 2 amide bonds. The van der Waals surface area contributed by atoms with Crippen LogP contribution in [0.3, 0.4) is 0 Å². The lowest BCUT2D eigenvalue weighted by atomic mass is 9.75. The van der Waals surface area contributed by atoms with Crippen molar-refractivity contribution in [1.29, 1.82) is 0 Å². The third kappa shape index (κ3) is 4.17. The number of anilines is 1. The number of hydrogen-bond acceptors (Lipinski definition) is 4. The predicted molar refractivity (Wildman–Crippen MR) is 135 cm³/mol. The molecule has 0 radical (unpaired) electrons. The Morgan fingerprint density at radius 1 is 1.06 bits per heavy atom. The smallest absolute Gasteiger partial charge is 0.254 e. The summed E-state index contributed by atoms with van der Waals surface area (Å²) in [6, 6.07) is 14.3. The number of benzene rings is 3. The summed E-state index contributed by atoms with van der Waals surface area (Å²) in [5, 5.41) is 2.97. The fourth-order valence-corrected chi connectivity index (χ4v) is 5.37. The van der Waals surface area contributed by atoms with Crippen LogP contribution in [-0.4, -0.2) is 36.5 Å². The maximum absolute atomic E-state index is 13.9. The van der Waals surface area contributed by atoms with E-state index in [0.717, 1.165) is 17.2 Å². The summed E-state index contributed by atoms with van der Waals surface area (Å²) in [6.45, 7) is 5.20. The molecule has 0 saturated heterocycles. The Kier molecular flexibility index (Phi) is 6.58. The molecule has 0 aliphatic carbocycles. The third-order valence-electron chi connectivity index (χ3n) is 6.66. The maximum Gasteiger partial charge on any atom is 0.254 e. The van der Waals surface area contributed by atoms with E-state index >= 15 is 0 Å². The maximum atomic E-state index is 13.9. The van der Waals surface area contributed by atoms with Gasteiger partial charge in [0, 0.05) is 12.1 Å². The van der Waals surface area contributed by atoms with Crippen molar-refractivity contribution in [2.24, 2.45) is 0 Å². The van der Waals surface area contributed by atoms with Crippen molar-refractivity contribution in [1.82, 2.24) is 4.90 Å². The summed E-state index contributed by atoms with van der Waals surface area (Å²) in [5.41, 5.74) is 3.30. The van der Waals surface area contributed by atoms with E-state index in [-0.39, 0.29) is 16.8 Å². The van der Waals surface area contributed by atoms with Gasteiger partial charge >= 0.3 is 0 Å². The van der Waals surface area contributed by atoms with Gasteiger partial charge in [-0.3, -0.25) is 9.59 Å². The van der Waals surface area contributed by atoms with Crippen LogP contribution in [0.25, 0.3) is 0 Å². The van der Waals surface area contributed by atoms with E-state index in [1.54, 1.807) is 17.0 Å². The first-order valence-electron chi connectivity index (χ1n) is 12.0. The van der Waals surface area contributed by atoms with Crippen LogP contribution >= 0.6 is 11.6 Å². The zero-order chi connectivity index (χ0) is 25.4. The largest absolute Gasteiger partial charge is 0.490 e. The van der Waals surface area contributed by atoms with E-state index in [1.807, 2.05) is 38.1 Å². The second kappa shape index (κ2) is 9.82. The second-order valence-corrected chi connectivity index (χ2v) is 9.14. The number of carbonyl (C=O) groups excluding carboxylic acids is 2. The molecule has 0 saturated carbocycles. The molecule has 0 unspecified atom stereocenters. The van der Waals surface area contributed by atoms with Gasteiger partial charge in [0.15, 0.2) is 11.5 Å². The van der Waals surface area contributed by atoms with Gasteiger partial charge in [-0.05, 0) is 73.4 Å². The van der Waals surface area contributed by atoms with Gasteiger partial charge < -0.3 is 19.7 Å². The van der Waals surface area contributed by atoms with Crippen molar-refractivity contribution in [3.63, 3.8) is 0 Å². The Hall–Kier alpha value is -3.58. The number of nitrogens with zero attached hydrogens (tertiary/aromatic N) is 1. The fraction of sp³-hybridized carbons (Fsp3) is 0.286. The van der Waals surface area contributed by atoms with Crippen molar-refractivity contribution < 1.29 is 23.5 Å². The highest BCUT2D eigenvalue weighted by atomic mass is 35.5. The average molecular weight is 509 g/mol. The third-order valence-corrected chi connectivity index (χ3v) is 6.97. The Labute approximate surface area is 214 Å². The number of carbonyl (C=O) groups is 2. The summed E-state index contributed by atoms with van der Waals surface area (Å²) >= 11 is 6.21. The SMILES string of the molecule is CCOc1cc2c(cc1OCC)[C@@H]1[C@H](C(=O)Nc3ccc(F)cc3Cl)c3ccccc3C(=O)N1CC2. The molecule has 3 aromatic rings. The summed E-state index contributed by atoms with van der Waals surface area (Å²) in [6.07, 6.45) is 0.629. The Morgan fingerprint density at radius 2 is 1.78 bits per heavy atom. The van der Waals surface area contributed by atoms with Gasteiger partial charge in [0.2, 0.25) is 5.91 Å². The normalized spacial score (nSPS) is 18.1. The lowest BCUT2D eigenvalue weighted by Gasteiger charge is -2.45. The van der Waals surface area contributed by atoms with Crippen LogP contribution in [0.4, 0.5) is 10.1 Å². The van der Waals surface area contributed by atoms with Gasteiger partial charge in [-0.2, -0.15) is 0 Å². The molecule has 6 nitrogen and oxygen atoms in total. The summed E-state index contributed by atoms with van der Waals surface area (Å²) in [5.74, 6) is -0.436. The van der Waals surface area contributed by atoms with Crippen LogP contribution in [0.2, 0.25) is 5.02 Å². The zero-order valence-electron chi connectivity index (χ0n) is 20.0. The van der Waals surface area contributed by atoms with Crippen molar-refractivity contribution >= 4 is 29.1 Å². The molecule has 2 aliphatic rings. The van der Waals surface area contributed by atoms with Gasteiger partial charge in [0.05, 0.1) is 35.9 Å². The van der Waals surface area contributed by atoms with E-state index in [2.05, 4.69) is 5.32 Å². The molecule has 186 valence electrons. The fourth-order valence-electron chi connectivity index (χ4n) is 5.16. The van der Waals surface area contributed by atoms with Gasteiger partial charge in [-0.25, -0.2) is 4.39 Å². The Balaban J connectivity index is 1.64. The summed E-state index contributed by atoms with van der Waals surface area (Å²) in [4.78, 5) is 29.2. The zero-order valence-corrected chi connectivity index (χ0v) is 20.8. The first kappa shape index (κ1) is 24.1. The van der Waals surface area contributed by atoms with Crippen molar-refractivity contribution in [3.05, 3.63) is 87.7 Å². The lowest BCUT2D eigenvalue weighted by molar-refractivity contribution is -0.119. The molecule has 0 aromatic heterocycles. The van der Waals surface area contributed by atoms with E-state index in [0.29, 0.717) is 54.5 Å². The monoisotopic (exact) mass is 508 g/mol. The standard InChI is InChI=1S/C28H26ClFN2O4/c1-3-35-23-13-16-11-12-32-26(20(16)15-24(23)36-4-2)25(18-7-5-6-8-19(18)28(32)34)27(33)31-22-10-9-17(30)14-21(22)29/h5-10,13-15,25-26H,3-4,11-12H2,1-2H3,(H,31,33)/t25-,26-/m1/s1.